The molecule has 1 amide bonds. The lowest BCUT2D eigenvalue weighted by atomic mass is 10.0. The van der Waals surface area contributed by atoms with Gasteiger partial charge in [0.05, 0.1) is 5.75 Å². The number of halogens is 1. The zero-order valence-corrected chi connectivity index (χ0v) is 16.6. The second-order valence-corrected chi connectivity index (χ2v) is 7.96. The molecule has 1 aliphatic rings. The topological polar surface area (TPSA) is 60.3 Å². The summed E-state index contributed by atoms with van der Waals surface area (Å²) in [5.74, 6) is 2.58. The van der Waals surface area contributed by atoms with Crippen molar-refractivity contribution in [1.29, 1.82) is 0 Å². The number of amides is 1. The first kappa shape index (κ1) is 19.0. The molecule has 0 aliphatic carbocycles. The molecule has 1 aromatic carbocycles. The van der Waals surface area contributed by atoms with Gasteiger partial charge in [-0.15, -0.1) is 10.2 Å². The van der Waals surface area contributed by atoms with Gasteiger partial charge in [0, 0.05) is 25.2 Å². The van der Waals surface area contributed by atoms with Gasteiger partial charge in [-0.25, -0.2) is 0 Å². The van der Waals surface area contributed by atoms with Gasteiger partial charge in [-0.2, -0.15) is 0 Å². The van der Waals surface area contributed by atoms with E-state index in [1.165, 1.54) is 18.2 Å². The van der Waals surface area contributed by atoms with Crippen molar-refractivity contribution >= 4 is 29.3 Å². The maximum absolute atomic E-state index is 12.4. The molecule has 26 heavy (non-hydrogen) atoms. The van der Waals surface area contributed by atoms with Crippen LogP contribution in [-0.2, 0) is 18.4 Å². The third-order valence-corrected chi connectivity index (χ3v) is 5.70. The van der Waals surface area contributed by atoms with Gasteiger partial charge in [-0.3, -0.25) is 4.79 Å². The van der Waals surface area contributed by atoms with Crippen molar-refractivity contribution in [3.05, 3.63) is 35.1 Å². The number of rotatable bonds is 6. The SMILES string of the molecule is CC1CCCN(C(=O)CSc2nnc(COc3ccc(Cl)cc3)n2C)C1. The number of piperidine rings is 1. The highest BCUT2D eigenvalue weighted by atomic mass is 35.5. The normalized spacial score (nSPS) is 17.3. The molecule has 1 aromatic heterocycles. The quantitative estimate of drug-likeness (QED) is 0.703. The summed E-state index contributed by atoms with van der Waals surface area (Å²) in [5.41, 5.74) is 0. The Hall–Kier alpha value is -1.73. The molecule has 0 bridgehead atoms. The summed E-state index contributed by atoms with van der Waals surface area (Å²) >= 11 is 7.29. The highest BCUT2D eigenvalue weighted by Crippen LogP contribution is 2.21. The number of aromatic nitrogens is 3. The molecule has 140 valence electrons. The van der Waals surface area contributed by atoms with Gasteiger partial charge in [-0.05, 0) is 43.0 Å². The smallest absolute Gasteiger partial charge is 0.233 e. The molecule has 1 unspecified atom stereocenters. The van der Waals surface area contributed by atoms with E-state index in [1.54, 1.807) is 12.1 Å². The summed E-state index contributed by atoms with van der Waals surface area (Å²) in [4.78, 5) is 14.3. The van der Waals surface area contributed by atoms with Gasteiger partial charge in [-0.1, -0.05) is 30.3 Å². The molecule has 2 heterocycles. The number of hydrogen-bond acceptors (Lipinski definition) is 5. The second kappa shape index (κ2) is 8.77. The third kappa shape index (κ3) is 4.92. The molecule has 0 N–H and O–H groups in total. The number of nitrogens with zero attached hydrogens (tertiary/aromatic N) is 4. The van der Waals surface area contributed by atoms with Gasteiger partial charge in [0.2, 0.25) is 5.91 Å². The highest BCUT2D eigenvalue weighted by molar-refractivity contribution is 7.99. The van der Waals surface area contributed by atoms with Crippen LogP contribution < -0.4 is 4.74 Å². The Labute approximate surface area is 162 Å². The van der Waals surface area contributed by atoms with Gasteiger partial charge in [0.25, 0.3) is 0 Å². The van der Waals surface area contributed by atoms with E-state index in [9.17, 15) is 4.79 Å². The standard InChI is InChI=1S/C18H23ClN4O2S/c1-13-4-3-9-23(10-13)17(24)12-26-18-21-20-16(22(18)2)11-25-15-7-5-14(19)6-8-15/h5-8,13H,3-4,9-12H2,1-2H3. The van der Waals surface area contributed by atoms with Crippen LogP contribution in [0.4, 0.5) is 0 Å². The van der Waals surface area contributed by atoms with E-state index >= 15 is 0 Å². The molecular formula is C18H23ClN4O2S. The summed E-state index contributed by atoms with van der Waals surface area (Å²) in [6.07, 6.45) is 2.30. The summed E-state index contributed by atoms with van der Waals surface area (Å²) in [6, 6.07) is 7.18. The Morgan fingerprint density at radius 2 is 2.12 bits per heavy atom. The van der Waals surface area contributed by atoms with Crippen molar-refractivity contribution in [3.8, 4) is 5.75 Å². The Morgan fingerprint density at radius 3 is 2.85 bits per heavy atom. The van der Waals surface area contributed by atoms with Crippen LogP contribution in [0.1, 0.15) is 25.6 Å². The first-order valence-electron chi connectivity index (χ1n) is 8.70. The minimum Gasteiger partial charge on any atom is -0.486 e. The van der Waals surface area contributed by atoms with Gasteiger partial charge in [0.1, 0.15) is 12.4 Å². The van der Waals surface area contributed by atoms with Crippen LogP contribution in [0, 0.1) is 5.92 Å². The van der Waals surface area contributed by atoms with Gasteiger partial charge < -0.3 is 14.2 Å². The lowest BCUT2D eigenvalue weighted by Crippen LogP contribution is -2.40. The maximum atomic E-state index is 12.4. The first-order valence-corrected chi connectivity index (χ1v) is 10.1. The zero-order chi connectivity index (χ0) is 18.5. The van der Waals surface area contributed by atoms with Crippen LogP contribution in [0.2, 0.25) is 5.02 Å². The largest absolute Gasteiger partial charge is 0.486 e. The van der Waals surface area contributed by atoms with E-state index in [0.29, 0.717) is 29.1 Å². The minimum absolute atomic E-state index is 0.170. The van der Waals surface area contributed by atoms with Crippen LogP contribution in [0.15, 0.2) is 29.4 Å². The Balaban J connectivity index is 1.51. The van der Waals surface area contributed by atoms with Crippen LogP contribution >= 0.6 is 23.4 Å². The lowest BCUT2D eigenvalue weighted by molar-refractivity contribution is -0.130. The fourth-order valence-corrected chi connectivity index (χ4v) is 3.87. The molecule has 1 aliphatic heterocycles. The lowest BCUT2D eigenvalue weighted by Gasteiger charge is -2.30. The van der Waals surface area contributed by atoms with Crippen molar-refractivity contribution in [3.63, 3.8) is 0 Å². The van der Waals surface area contributed by atoms with Gasteiger partial charge in [0.15, 0.2) is 11.0 Å². The van der Waals surface area contributed by atoms with E-state index in [-0.39, 0.29) is 5.91 Å². The molecule has 1 saturated heterocycles. The van der Waals surface area contributed by atoms with Crippen LogP contribution in [0.5, 0.6) is 5.75 Å². The third-order valence-electron chi connectivity index (χ3n) is 4.44. The summed E-state index contributed by atoms with van der Waals surface area (Å²) in [6.45, 7) is 4.23. The number of carbonyl (C=O) groups excluding carboxylic acids is 1. The van der Waals surface area contributed by atoms with E-state index in [2.05, 4.69) is 17.1 Å². The number of benzene rings is 1. The van der Waals surface area contributed by atoms with E-state index < -0.39 is 0 Å². The van der Waals surface area contributed by atoms with Crippen molar-refractivity contribution in [2.75, 3.05) is 18.8 Å². The number of likely N-dealkylation sites (tertiary alicyclic amines) is 1. The number of thioether (sulfide) groups is 1. The summed E-state index contributed by atoms with van der Waals surface area (Å²) in [7, 11) is 1.89. The maximum Gasteiger partial charge on any atom is 0.233 e. The summed E-state index contributed by atoms with van der Waals surface area (Å²) in [5, 5.41) is 9.73. The molecular weight excluding hydrogens is 372 g/mol. The summed E-state index contributed by atoms with van der Waals surface area (Å²) < 4.78 is 7.58. The zero-order valence-electron chi connectivity index (χ0n) is 15.0. The molecule has 6 nitrogen and oxygen atoms in total. The molecule has 0 radical (unpaired) electrons. The highest BCUT2D eigenvalue weighted by Gasteiger charge is 2.21. The minimum atomic E-state index is 0.170. The number of carbonyl (C=O) groups is 1. The second-order valence-electron chi connectivity index (χ2n) is 6.58. The Kier molecular flexibility index (Phi) is 6.43. The van der Waals surface area contributed by atoms with Crippen molar-refractivity contribution < 1.29 is 9.53 Å². The molecule has 3 rings (SSSR count). The first-order chi connectivity index (χ1) is 12.5. The van der Waals surface area contributed by atoms with E-state index in [0.717, 1.165) is 30.4 Å². The molecule has 0 saturated carbocycles. The van der Waals surface area contributed by atoms with Crippen LogP contribution in [0.3, 0.4) is 0 Å². The average molecular weight is 395 g/mol. The van der Waals surface area contributed by atoms with E-state index in [4.69, 9.17) is 16.3 Å². The Morgan fingerprint density at radius 1 is 1.35 bits per heavy atom. The average Bonchev–Trinajstić information content (AvgIpc) is 2.99. The van der Waals surface area contributed by atoms with Gasteiger partial charge >= 0.3 is 0 Å². The predicted octanol–water partition coefficient (Wildman–Crippen LogP) is 3.40. The predicted molar refractivity (Wildman–Crippen MR) is 102 cm³/mol. The van der Waals surface area contributed by atoms with Crippen LogP contribution in [-0.4, -0.2) is 44.4 Å². The number of hydrogen-bond donors (Lipinski definition) is 0. The molecule has 0 spiro atoms. The fraction of sp³-hybridized carbons (Fsp3) is 0.500. The molecule has 1 fully saturated rings. The van der Waals surface area contributed by atoms with Crippen LogP contribution in [0.25, 0.3) is 0 Å². The van der Waals surface area contributed by atoms with E-state index in [1.807, 2.05) is 28.6 Å². The molecule has 1 atom stereocenters. The monoisotopic (exact) mass is 394 g/mol. The number of ether oxygens (including phenoxy) is 1. The van der Waals surface area contributed by atoms with Crippen molar-refractivity contribution in [2.45, 2.75) is 31.5 Å². The molecule has 2 aromatic rings. The van der Waals surface area contributed by atoms with Crippen molar-refractivity contribution in [2.24, 2.45) is 13.0 Å². The fourth-order valence-electron chi connectivity index (χ4n) is 2.91. The Bertz CT molecular complexity index is 750. The van der Waals surface area contributed by atoms with Crippen molar-refractivity contribution in [1.82, 2.24) is 19.7 Å². The molecule has 8 heteroatoms.